The normalized spacial score (nSPS) is 29.0. The summed E-state index contributed by atoms with van der Waals surface area (Å²) in [7, 11) is 0. The molecule has 4 aliphatic carbocycles. The molecule has 7 heteroatoms. The first-order valence-corrected chi connectivity index (χ1v) is 11.1. The smallest absolute Gasteiger partial charge is 0.355 e. The minimum Gasteiger partial charge on any atom is -0.462 e. The molecular weight excluding hydrogens is 384 g/mol. The number of H-pyrrole nitrogens is 1. The summed E-state index contributed by atoms with van der Waals surface area (Å²) in [6.07, 6.45) is 7.76. The summed E-state index contributed by atoms with van der Waals surface area (Å²) in [4.78, 5) is 39.8. The molecule has 0 spiro atoms. The third-order valence-electron chi connectivity index (χ3n) is 7.28. The first-order chi connectivity index (χ1) is 14.3. The second kappa shape index (κ2) is 8.08. The van der Waals surface area contributed by atoms with E-state index in [-0.39, 0.29) is 30.2 Å². The predicted octanol–water partition coefficient (Wildman–Crippen LogP) is 3.30. The molecule has 0 saturated heterocycles. The van der Waals surface area contributed by atoms with Crippen molar-refractivity contribution in [2.75, 3.05) is 19.8 Å². The number of ether oxygens (including phenoxy) is 2. The number of aromatic nitrogens is 1. The Balaban J connectivity index is 1.30. The monoisotopic (exact) mass is 416 g/mol. The lowest BCUT2D eigenvalue weighted by molar-refractivity contribution is -0.126. The molecule has 1 heterocycles. The number of aryl methyl sites for hydroxylation is 1. The minimum absolute atomic E-state index is 0.185. The van der Waals surface area contributed by atoms with Gasteiger partial charge in [0.25, 0.3) is 5.91 Å². The average molecular weight is 417 g/mol. The van der Waals surface area contributed by atoms with Crippen LogP contribution in [-0.2, 0) is 14.3 Å². The SMILES string of the molecule is CCOC(=O)c1c(C)[nH]c(C(=O)OCC(=O)NCC23CC4CC(CC(C4)C2)C3)c1C. The molecule has 2 N–H and O–H groups in total. The van der Waals surface area contributed by atoms with Gasteiger partial charge in [0.1, 0.15) is 5.69 Å². The summed E-state index contributed by atoms with van der Waals surface area (Å²) in [5, 5.41) is 3.01. The number of nitrogens with one attached hydrogen (secondary N) is 2. The third-order valence-corrected chi connectivity index (χ3v) is 7.28. The molecule has 4 bridgehead atoms. The summed E-state index contributed by atoms with van der Waals surface area (Å²) < 4.78 is 10.3. The molecule has 164 valence electrons. The first-order valence-electron chi connectivity index (χ1n) is 11.1. The highest BCUT2D eigenvalue weighted by Gasteiger charge is 2.50. The van der Waals surface area contributed by atoms with Gasteiger partial charge in [-0.25, -0.2) is 9.59 Å². The molecule has 1 aromatic rings. The van der Waals surface area contributed by atoms with Crippen LogP contribution >= 0.6 is 0 Å². The Morgan fingerprint density at radius 1 is 1.00 bits per heavy atom. The van der Waals surface area contributed by atoms with Gasteiger partial charge in [-0.05, 0) is 88.0 Å². The molecule has 4 saturated carbocycles. The van der Waals surface area contributed by atoms with Crippen molar-refractivity contribution < 1.29 is 23.9 Å². The first kappa shape index (κ1) is 20.9. The maximum absolute atomic E-state index is 12.5. The summed E-state index contributed by atoms with van der Waals surface area (Å²) in [6.45, 7) is 5.71. The highest BCUT2D eigenvalue weighted by molar-refractivity contribution is 5.99. The van der Waals surface area contributed by atoms with Crippen molar-refractivity contribution in [2.24, 2.45) is 23.2 Å². The Hall–Kier alpha value is -2.31. The summed E-state index contributed by atoms with van der Waals surface area (Å²) in [6, 6.07) is 0. The molecule has 1 amide bonds. The fourth-order valence-corrected chi connectivity index (χ4v) is 6.51. The van der Waals surface area contributed by atoms with E-state index in [9.17, 15) is 14.4 Å². The number of hydrogen-bond donors (Lipinski definition) is 2. The third kappa shape index (κ3) is 3.98. The van der Waals surface area contributed by atoms with Crippen LogP contribution in [0.4, 0.5) is 0 Å². The zero-order chi connectivity index (χ0) is 21.5. The molecular formula is C23H32N2O5. The van der Waals surface area contributed by atoms with Crippen molar-refractivity contribution in [1.82, 2.24) is 10.3 Å². The van der Waals surface area contributed by atoms with Crippen molar-refractivity contribution in [3.05, 3.63) is 22.5 Å². The number of carbonyl (C=O) groups excluding carboxylic acids is 3. The predicted molar refractivity (Wildman–Crippen MR) is 110 cm³/mol. The van der Waals surface area contributed by atoms with Gasteiger partial charge in [-0.1, -0.05) is 0 Å². The second-order valence-electron chi connectivity index (χ2n) is 9.62. The van der Waals surface area contributed by atoms with Crippen LogP contribution in [0.25, 0.3) is 0 Å². The largest absolute Gasteiger partial charge is 0.462 e. The number of esters is 2. The molecule has 5 rings (SSSR count). The lowest BCUT2D eigenvalue weighted by Crippen LogP contribution is -2.51. The van der Waals surface area contributed by atoms with E-state index in [4.69, 9.17) is 9.47 Å². The van der Waals surface area contributed by atoms with Gasteiger partial charge in [0.15, 0.2) is 6.61 Å². The van der Waals surface area contributed by atoms with Gasteiger partial charge in [-0.3, -0.25) is 4.79 Å². The maximum atomic E-state index is 12.5. The van der Waals surface area contributed by atoms with E-state index in [1.54, 1.807) is 20.8 Å². The Kier molecular flexibility index (Phi) is 5.64. The van der Waals surface area contributed by atoms with Gasteiger partial charge in [0.05, 0.1) is 12.2 Å². The fourth-order valence-electron chi connectivity index (χ4n) is 6.51. The average Bonchev–Trinajstić information content (AvgIpc) is 2.98. The molecule has 30 heavy (non-hydrogen) atoms. The molecule has 0 radical (unpaired) electrons. The molecule has 0 unspecified atom stereocenters. The van der Waals surface area contributed by atoms with Gasteiger partial charge in [0.2, 0.25) is 0 Å². The highest BCUT2D eigenvalue weighted by Crippen LogP contribution is 2.59. The standard InChI is InChI=1S/C23H32N2O5/c1-4-29-21(27)19-13(2)20(25-14(19)3)22(28)30-11-18(26)24-12-23-8-15-5-16(9-23)7-17(6-15)10-23/h15-17,25H,4-12H2,1-3H3,(H,24,26). The lowest BCUT2D eigenvalue weighted by atomic mass is 9.49. The molecule has 0 atom stereocenters. The van der Waals surface area contributed by atoms with Crippen molar-refractivity contribution in [3.8, 4) is 0 Å². The topological polar surface area (TPSA) is 97.5 Å². The molecule has 7 nitrogen and oxygen atoms in total. The van der Waals surface area contributed by atoms with Crippen LogP contribution in [0.1, 0.15) is 77.6 Å². The lowest BCUT2D eigenvalue weighted by Gasteiger charge is -2.56. The summed E-state index contributed by atoms with van der Waals surface area (Å²) >= 11 is 0. The van der Waals surface area contributed by atoms with Gasteiger partial charge >= 0.3 is 11.9 Å². The molecule has 1 aromatic heterocycles. The van der Waals surface area contributed by atoms with Crippen LogP contribution in [0.2, 0.25) is 0 Å². The van der Waals surface area contributed by atoms with Crippen molar-refractivity contribution in [1.29, 1.82) is 0 Å². The molecule has 4 aliphatic rings. The fraction of sp³-hybridized carbons (Fsp3) is 0.696. The van der Waals surface area contributed by atoms with E-state index in [0.29, 0.717) is 23.4 Å². The van der Waals surface area contributed by atoms with E-state index in [1.807, 2.05) is 0 Å². The van der Waals surface area contributed by atoms with E-state index >= 15 is 0 Å². The Morgan fingerprint density at radius 2 is 1.60 bits per heavy atom. The number of carbonyl (C=O) groups is 3. The number of hydrogen-bond acceptors (Lipinski definition) is 5. The van der Waals surface area contributed by atoms with Crippen LogP contribution in [0.3, 0.4) is 0 Å². The Bertz CT molecular complexity index is 821. The van der Waals surface area contributed by atoms with E-state index in [2.05, 4.69) is 10.3 Å². The van der Waals surface area contributed by atoms with E-state index in [1.165, 1.54) is 38.5 Å². The van der Waals surface area contributed by atoms with Crippen molar-refractivity contribution >= 4 is 17.8 Å². The van der Waals surface area contributed by atoms with Crippen molar-refractivity contribution in [2.45, 2.75) is 59.3 Å². The Morgan fingerprint density at radius 3 is 2.17 bits per heavy atom. The van der Waals surface area contributed by atoms with Gasteiger partial charge < -0.3 is 19.8 Å². The Labute approximate surface area is 177 Å². The van der Waals surface area contributed by atoms with Crippen molar-refractivity contribution in [3.63, 3.8) is 0 Å². The van der Waals surface area contributed by atoms with Gasteiger partial charge in [-0.2, -0.15) is 0 Å². The van der Waals surface area contributed by atoms with Gasteiger partial charge in [-0.15, -0.1) is 0 Å². The molecule has 4 fully saturated rings. The second-order valence-corrected chi connectivity index (χ2v) is 9.62. The zero-order valence-corrected chi connectivity index (χ0v) is 18.1. The summed E-state index contributed by atoms with van der Waals surface area (Å²) in [5.41, 5.74) is 1.80. The van der Waals surface area contributed by atoms with Crippen LogP contribution in [0, 0.1) is 37.0 Å². The van der Waals surface area contributed by atoms with Crippen LogP contribution in [0.15, 0.2) is 0 Å². The number of aromatic amines is 1. The van der Waals surface area contributed by atoms with Gasteiger partial charge in [0, 0.05) is 12.2 Å². The van der Waals surface area contributed by atoms with Crippen LogP contribution < -0.4 is 5.32 Å². The summed E-state index contributed by atoms with van der Waals surface area (Å²) in [5.74, 6) is 1.11. The quantitative estimate of drug-likeness (QED) is 0.665. The minimum atomic E-state index is -0.642. The molecule has 0 aromatic carbocycles. The van der Waals surface area contributed by atoms with E-state index in [0.717, 1.165) is 17.8 Å². The maximum Gasteiger partial charge on any atom is 0.355 e. The zero-order valence-electron chi connectivity index (χ0n) is 18.1. The molecule has 0 aliphatic heterocycles. The number of amides is 1. The highest BCUT2D eigenvalue weighted by atomic mass is 16.5. The van der Waals surface area contributed by atoms with Crippen LogP contribution in [0.5, 0.6) is 0 Å². The van der Waals surface area contributed by atoms with E-state index < -0.39 is 11.9 Å². The number of rotatable bonds is 7. The van der Waals surface area contributed by atoms with Crippen LogP contribution in [-0.4, -0.2) is 42.6 Å².